The molecule has 3 aromatic rings. The average Bonchev–Trinajstić information content (AvgIpc) is 2.72. The second-order valence-corrected chi connectivity index (χ2v) is 6.91. The number of benzene rings is 2. The van der Waals surface area contributed by atoms with E-state index in [4.69, 9.17) is 0 Å². The van der Waals surface area contributed by atoms with Crippen molar-refractivity contribution in [3.8, 4) is 0 Å². The summed E-state index contributed by atoms with van der Waals surface area (Å²) in [5.74, 6) is -0.607. The van der Waals surface area contributed by atoms with Crippen molar-refractivity contribution in [1.82, 2.24) is 10.3 Å². The maximum Gasteiger partial charge on any atom is 0.253 e. The van der Waals surface area contributed by atoms with Crippen LogP contribution in [0.1, 0.15) is 35.3 Å². The zero-order valence-electron chi connectivity index (χ0n) is 16.1. The maximum atomic E-state index is 13.7. The number of pyridine rings is 1. The van der Waals surface area contributed by atoms with Gasteiger partial charge in [-0.25, -0.2) is 4.39 Å². The molecule has 4 nitrogen and oxygen atoms in total. The third-order valence-electron chi connectivity index (χ3n) is 4.53. The van der Waals surface area contributed by atoms with Crippen molar-refractivity contribution < 1.29 is 9.18 Å². The van der Waals surface area contributed by atoms with Crippen LogP contribution in [-0.4, -0.2) is 16.9 Å². The van der Waals surface area contributed by atoms with E-state index in [0.29, 0.717) is 11.1 Å². The van der Waals surface area contributed by atoms with Crippen LogP contribution < -0.4 is 10.2 Å². The van der Waals surface area contributed by atoms with Crippen LogP contribution in [0.2, 0.25) is 0 Å². The molecule has 1 amide bonds. The Morgan fingerprint density at radius 3 is 2.50 bits per heavy atom. The van der Waals surface area contributed by atoms with Gasteiger partial charge in [0, 0.05) is 30.9 Å². The van der Waals surface area contributed by atoms with Gasteiger partial charge in [-0.05, 0) is 31.5 Å². The molecule has 144 valence electrons. The molecule has 0 saturated heterocycles. The lowest BCUT2D eigenvalue weighted by Crippen LogP contribution is -2.31. The number of rotatable bonds is 7. The van der Waals surface area contributed by atoms with Crippen LogP contribution in [-0.2, 0) is 13.1 Å². The number of anilines is 1. The predicted octanol–water partition coefficient (Wildman–Crippen LogP) is 4.57. The normalized spacial score (nSPS) is 10.7. The van der Waals surface area contributed by atoms with Gasteiger partial charge in [-0.1, -0.05) is 48.5 Å². The summed E-state index contributed by atoms with van der Waals surface area (Å²) in [6.07, 6.45) is 3.29. The summed E-state index contributed by atoms with van der Waals surface area (Å²) >= 11 is 0. The quantitative estimate of drug-likeness (QED) is 0.656. The fourth-order valence-electron chi connectivity index (χ4n) is 2.98. The summed E-state index contributed by atoms with van der Waals surface area (Å²) < 4.78 is 13.7. The molecule has 1 N–H and O–H groups in total. The molecule has 0 fully saturated rings. The number of halogens is 1. The predicted molar refractivity (Wildman–Crippen MR) is 110 cm³/mol. The fraction of sp³-hybridized carbons (Fsp3) is 0.217. The Balaban J connectivity index is 1.74. The zero-order chi connectivity index (χ0) is 19.9. The molecule has 5 heteroatoms. The Bertz CT molecular complexity index is 928. The van der Waals surface area contributed by atoms with Gasteiger partial charge < -0.3 is 10.2 Å². The van der Waals surface area contributed by atoms with Gasteiger partial charge in [0.2, 0.25) is 0 Å². The maximum absolute atomic E-state index is 13.7. The molecule has 0 unspecified atom stereocenters. The lowest BCUT2D eigenvalue weighted by atomic mass is 10.1. The highest BCUT2D eigenvalue weighted by molar-refractivity contribution is 5.94. The van der Waals surface area contributed by atoms with Gasteiger partial charge in [-0.2, -0.15) is 0 Å². The standard InChI is InChI=1S/C23H24FN3O/c1-17(2)27(16-18-8-4-3-5-9-18)21-12-20(13-25-15-21)23(28)26-14-19-10-6-7-11-22(19)24/h3-13,15,17H,14,16H2,1-2H3,(H,26,28). The fourth-order valence-corrected chi connectivity index (χ4v) is 2.98. The highest BCUT2D eigenvalue weighted by atomic mass is 19.1. The summed E-state index contributed by atoms with van der Waals surface area (Å²) in [7, 11) is 0. The van der Waals surface area contributed by atoms with Crippen LogP contribution in [0.15, 0.2) is 73.1 Å². The van der Waals surface area contributed by atoms with Gasteiger partial charge >= 0.3 is 0 Å². The molecule has 0 radical (unpaired) electrons. The minimum absolute atomic E-state index is 0.133. The topological polar surface area (TPSA) is 45.2 Å². The van der Waals surface area contributed by atoms with Gasteiger partial charge in [-0.3, -0.25) is 9.78 Å². The lowest BCUT2D eigenvalue weighted by molar-refractivity contribution is 0.0950. The molecule has 0 aliphatic rings. The van der Waals surface area contributed by atoms with Crippen molar-refractivity contribution in [1.29, 1.82) is 0 Å². The SMILES string of the molecule is CC(C)N(Cc1ccccc1)c1cncc(C(=O)NCc2ccccc2F)c1. The van der Waals surface area contributed by atoms with Gasteiger partial charge in [0.25, 0.3) is 5.91 Å². The minimum atomic E-state index is -0.330. The van der Waals surface area contributed by atoms with Crippen molar-refractivity contribution in [3.05, 3.63) is 95.6 Å². The minimum Gasteiger partial charge on any atom is -0.364 e. The molecule has 0 aliphatic heterocycles. The third kappa shape index (κ3) is 4.94. The number of nitrogens with one attached hydrogen (secondary N) is 1. The molecule has 28 heavy (non-hydrogen) atoms. The zero-order valence-corrected chi connectivity index (χ0v) is 16.1. The van der Waals surface area contributed by atoms with Crippen LogP contribution in [0.25, 0.3) is 0 Å². The van der Waals surface area contributed by atoms with Gasteiger partial charge in [0.15, 0.2) is 0 Å². The van der Waals surface area contributed by atoms with E-state index in [1.165, 1.54) is 17.8 Å². The summed E-state index contributed by atoms with van der Waals surface area (Å²) in [5.41, 5.74) is 2.96. The van der Waals surface area contributed by atoms with E-state index in [-0.39, 0.29) is 24.3 Å². The van der Waals surface area contributed by atoms with E-state index >= 15 is 0 Å². The highest BCUT2D eigenvalue weighted by Crippen LogP contribution is 2.20. The molecule has 0 atom stereocenters. The Morgan fingerprint density at radius 1 is 1.07 bits per heavy atom. The molecule has 3 rings (SSSR count). The first-order chi connectivity index (χ1) is 13.5. The van der Waals surface area contributed by atoms with E-state index in [9.17, 15) is 9.18 Å². The lowest BCUT2D eigenvalue weighted by Gasteiger charge is -2.29. The second-order valence-electron chi connectivity index (χ2n) is 6.91. The molecule has 0 spiro atoms. The van der Waals surface area contributed by atoms with Crippen molar-refractivity contribution in [3.63, 3.8) is 0 Å². The van der Waals surface area contributed by atoms with Crippen molar-refractivity contribution in [2.45, 2.75) is 33.0 Å². The Hall–Kier alpha value is -3.21. The number of carbonyl (C=O) groups excluding carboxylic acids is 1. The van der Waals surface area contributed by atoms with Gasteiger partial charge in [0.1, 0.15) is 5.82 Å². The number of nitrogens with zero attached hydrogens (tertiary/aromatic N) is 2. The first-order valence-corrected chi connectivity index (χ1v) is 9.32. The van der Waals surface area contributed by atoms with Crippen molar-refractivity contribution >= 4 is 11.6 Å². The first kappa shape index (κ1) is 19.5. The number of aromatic nitrogens is 1. The summed E-state index contributed by atoms with van der Waals surface area (Å²) in [6.45, 7) is 5.07. The Kier molecular flexibility index (Phi) is 6.37. The third-order valence-corrected chi connectivity index (χ3v) is 4.53. The Labute approximate surface area is 165 Å². The van der Waals surface area contributed by atoms with E-state index in [1.807, 2.05) is 24.3 Å². The number of amides is 1. The van der Waals surface area contributed by atoms with Gasteiger partial charge in [-0.15, -0.1) is 0 Å². The Morgan fingerprint density at radius 2 is 1.79 bits per heavy atom. The molecule has 0 aliphatic carbocycles. The van der Waals surface area contributed by atoms with Crippen LogP contribution in [0.5, 0.6) is 0 Å². The summed E-state index contributed by atoms with van der Waals surface area (Å²) in [6, 6.07) is 18.6. The van der Waals surface area contributed by atoms with Crippen molar-refractivity contribution in [2.75, 3.05) is 4.90 Å². The van der Waals surface area contributed by atoms with Crippen LogP contribution in [0.3, 0.4) is 0 Å². The van der Waals surface area contributed by atoms with Crippen molar-refractivity contribution in [2.24, 2.45) is 0 Å². The van der Waals surface area contributed by atoms with E-state index in [1.54, 1.807) is 24.4 Å². The average molecular weight is 377 g/mol. The van der Waals surface area contributed by atoms with Crippen LogP contribution in [0, 0.1) is 5.82 Å². The van der Waals surface area contributed by atoms with Crippen LogP contribution in [0.4, 0.5) is 10.1 Å². The number of hydrogen-bond donors (Lipinski definition) is 1. The van der Waals surface area contributed by atoms with Crippen LogP contribution >= 0.6 is 0 Å². The van der Waals surface area contributed by atoms with Gasteiger partial charge in [0.05, 0.1) is 17.4 Å². The molecule has 1 heterocycles. The number of carbonyl (C=O) groups is 1. The molecule has 0 bridgehead atoms. The van der Waals surface area contributed by atoms with E-state index < -0.39 is 0 Å². The van der Waals surface area contributed by atoms with E-state index in [2.05, 4.69) is 41.2 Å². The molecule has 2 aromatic carbocycles. The van der Waals surface area contributed by atoms with E-state index in [0.717, 1.165) is 12.2 Å². The molecule has 0 saturated carbocycles. The smallest absolute Gasteiger partial charge is 0.253 e. The summed E-state index contributed by atoms with van der Waals surface area (Å²) in [4.78, 5) is 19.0. The second kappa shape index (κ2) is 9.13. The molecular weight excluding hydrogens is 353 g/mol. The monoisotopic (exact) mass is 377 g/mol. The molecular formula is C23H24FN3O. The first-order valence-electron chi connectivity index (χ1n) is 9.32. The number of hydrogen-bond acceptors (Lipinski definition) is 3. The summed E-state index contributed by atoms with van der Waals surface area (Å²) in [5, 5.41) is 2.76. The molecule has 1 aromatic heterocycles. The highest BCUT2D eigenvalue weighted by Gasteiger charge is 2.15. The largest absolute Gasteiger partial charge is 0.364 e.